The molecule has 2 fully saturated rings. The van der Waals surface area contributed by atoms with E-state index in [2.05, 4.69) is 138 Å². The first-order valence-electron chi connectivity index (χ1n) is 22.1. The van der Waals surface area contributed by atoms with Crippen LogP contribution in [0.1, 0.15) is 98.3 Å². The number of hydrogen-bond donors (Lipinski definition) is 0. The van der Waals surface area contributed by atoms with Crippen molar-refractivity contribution in [3.8, 4) is 28.7 Å². The second-order valence-electron chi connectivity index (χ2n) is 18.5. The molecule has 6 aliphatic rings. The van der Waals surface area contributed by atoms with E-state index >= 15 is 0 Å². The third-order valence-corrected chi connectivity index (χ3v) is 16.0. The zero-order chi connectivity index (χ0) is 37.2. The molecule has 2 saturated carbocycles. The van der Waals surface area contributed by atoms with Gasteiger partial charge in [-0.15, -0.1) is 0 Å². The van der Waals surface area contributed by atoms with Crippen molar-refractivity contribution in [2.24, 2.45) is 0 Å². The van der Waals surface area contributed by atoms with Gasteiger partial charge in [0.05, 0.1) is 16.7 Å². The molecule has 5 heteroatoms. The van der Waals surface area contributed by atoms with Crippen molar-refractivity contribution in [1.29, 1.82) is 0 Å². The molecule has 0 amide bonds. The average molecular weight is 748 g/mol. The first-order valence-corrected chi connectivity index (χ1v) is 22.1. The summed E-state index contributed by atoms with van der Waals surface area (Å²) in [7, 11) is 0. The molecule has 9 heterocycles. The molecule has 5 aromatic heterocycles. The van der Waals surface area contributed by atoms with Gasteiger partial charge in [-0.1, -0.05) is 81.0 Å². The predicted molar refractivity (Wildman–Crippen MR) is 232 cm³/mol. The van der Waals surface area contributed by atoms with Crippen molar-refractivity contribution in [3.05, 3.63) is 138 Å². The van der Waals surface area contributed by atoms with Crippen LogP contribution in [0.5, 0.6) is 0 Å². The van der Waals surface area contributed by atoms with Crippen LogP contribution in [-0.2, 0) is 5.66 Å². The molecular weight excluding hydrogens is 707 g/mol. The van der Waals surface area contributed by atoms with Crippen molar-refractivity contribution < 1.29 is 9.13 Å². The normalized spacial score (nSPS) is 20.0. The van der Waals surface area contributed by atoms with Crippen LogP contribution in [0.25, 0.3) is 94.1 Å². The standard InChI is InChI=1S/C53H41N5/c1-3-13-30(14-4-1)32-25-44-45-26-33(31-15-5-2-6-16-31)28-47-56-42-22-12-9-19-36(42)39-29-38-35-18-8-10-20-40(35)54-43-24-23-37-34-17-7-11-21-41(34)55-46(27-32)57(44)53(58(45)47,48(43)50(37)55)49(51(38)54)52(39)56/h7-12,17-31H,1-6,13-16H2/q+2. The van der Waals surface area contributed by atoms with E-state index in [0.29, 0.717) is 11.8 Å². The maximum atomic E-state index is 2.86. The minimum atomic E-state index is -0.614. The molecule has 2 aliphatic carbocycles. The number of aromatic nitrogens is 5. The molecule has 10 aromatic rings. The Morgan fingerprint density at radius 3 is 1.43 bits per heavy atom. The Hall–Kier alpha value is -6.20. The Bertz CT molecular complexity index is 3580. The van der Waals surface area contributed by atoms with E-state index in [1.165, 1.54) is 181 Å². The third kappa shape index (κ3) is 3.09. The maximum absolute atomic E-state index is 2.86. The summed E-state index contributed by atoms with van der Waals surface area (Å²) in [4.78, 5) is 0. The van der Waals surface area contributed by atoms with Gasteiger partial charge >= 0.3 is 5.66 Å². The number of pyridine rings is 2. The molecule has 0 bridgehead atoms. The van der Waals surface area contributed by atoms with Crippen LogP contribution in [0.2, 0.25) is 0 Å². The topological polar surface area (TPSA) is 22.5 Å². The Morgan fingerprint density at radius 2 is 0.879 bits per heavy atom. The fourth-order valence-electron chi connectivity index (χ4n) is 13.8. The summed E-state index contributed by atoms with van der Waals surface area (Å²) in [5, 5.41) is 8.07. The number of para-hydroxylation sites is 3. The third-order valence-electron chi connectivity index (χ3n) is 16.0. The number of fused-ring (bicyclic) bond motifs is 13. The van der Waals surface area contributed by atoms with Crippen molar-refractivity contribution in [2.75, 3.05) is 0 Å². The van der Waals surface area contributed by atoms with Crippen LogP contribution in [0.15, 0.2) is 115 Å². The molecular formula is C53H41N5+2. The largest absolute Gasteiger partial charge is 0.319 e. The number of hydrogen-bond acceptors (Lipinski definition) is 0. The maximum Gasteiger partial charge on any atom is 0.319 e. The summed E-state index contributed by atoms with van der Waals surface area (Å²) in [6, 6.07) is 45.8. The smallest absolute Gasteiger partial charge is 0.308 e. The van der Waals surface area contributed by atoms with Gasteiger partial charge in [0.25, 0.3) is 11.6 Å². The monoisotopic (exact) mass is 747 g/mol. The Balaban J connectivity index is 1.22. The molecule has 5 nitrogen and oxygen atoms in total. The van der Waals surface area contributed by atoms with Crippen LogP contribution in [-0.4, -0.2) is 13.7 Å². The average Bonchev–Trinajstić information content (AvgIpc) is 4.01. The van der Waals surface area contributed by atoms with Gasteiger partial charge in [0.2, 0.25) is 0 Å². The van der Waals surface area contributed by atoms with Crippen LogP contribution in [0.4, 0.5) is 0 Å². The van der Waals surface area contributed by atoms with Crippen LogP contribution >= 0.6 is 0 Å². The van der Waals surface area contributed by atoms with Gasteiger partial charge in [0.15, 0.2) is 22.4 Å². The molecule has 16 rings (SSSR count). The van der Waals surface area contributed by atoms with Crippen molar-refractivity contribution in [1.82, 2.24) is 13.7 Å². The van der Waals surface area contributed by atoms with E-state index in [1.54, 1.807) is 0 Å². The van der Waals surface area contributed by atoms with Crippen LogP contribution < -0.4 is 9.13 Å². The lowest BCUT2D eigenvalue weighted by Gasteiger charge is -2.39. The zero-order valence-corrected chi connectivity index (χ0v) is 32.4. The fourth-order valence-corrected chi connectivity index (χ4v) is 13.8. The number of benzene rings is 5. The zero-order valence-electron chi connectivity index (χ0n) is 32.4. The number of nitrogens with zero attached hydrogens (tertiary/aromatic N) is 5. The lowest BCUT2D eigenvalue weighted by molar-refractivity contribution is -0.934. The molecule has 58 heavy (non-hydrogen) atoms. The van der Waals surface area contributed by atoms with Gasteiger partial charge in [-0.25, -0.2) is 0 Å². The summed E-state index contributed by atoms with van der Waals surface area (Å²) >= 11 is 0. The minimum absolute atomic E-state index is 0.582. The molecule has 0 radical (unpaired) electrons. The van der Waals surface area contributed by atoms with Gasteiger partial charge in [-0.2, -0.15) is 18.3 Å². The molecule has 276 valence electrons. The minimum Gasteiger partial charge on any atom is -0.308 e. The Labute approximate surface area is 335 Å². The van der Waals surface area contributed by atoms with Crippen molar-refractivity contribution in [3.63, 3.8) is 0 Å². The highest BCUT2D eigenvalue weighted by Crippen LogP contribution is 2.58. The lowest BCUT2D eigenvalue weighted by Crippen LogP contribution is -2.76. The van der Waals surface area contributed by atoms with Gasteiger partial charge < -0.3 is 4.57 Å². The highest BCUT2D eigenvalue weighted by molar-refractivity contribution is 6.23. The van der Waals surface area contributed by atoms with Gasteiger partial charge in [0, 0.05) is 44.5 Å². The molecule has 1 unspecified atom stereocenters. The summed E-state index contributed by atoms with van der Waals surface area (Å²) in [6.45, 7) is 0. The molecule has 0 N–H and O–H groups in total. The molecule has 4 aliphatic heterocycles. The lowest BCUT2D eigenvalue weighted by atomic mass is 9.80. The summed E-state index contributed by atoms with van der Waals surface area (Å²) in [5.74, 6) is 3.81. The predicted octanol–water partition coefficient (Wildman–Crippen LogP) is 11.9. The summed E-state index contributed by atoms with van der Waals surface area (Å²) in [6.07, 6.45) is 13.1. The van der Waals surface area contributed by atoms with E-state index in [1.807, 2.05) is 0 Å². The summed E-state index contributed by atoms with van der Waals surface area (Å²) < 4.78 is 13.8. The second kappa shape index (κ2) is 9.90. The van der Waals surface area contributed by atoms with E-state index in [9.17, 15) is 0 Å². The van der Waals surface area contributed by atoms with Crippen molar-refractivity contribution >= 4 is 65.4 Å². The summed E-state index contributed by atoms with van der Waals surface area (Å²) in [5.41, 5.74) is 17.4. The van der Waals surface area contributed by atoms with Crippen LogP contribution in [0.3, 0.4) is 0 Å². The second-order valence-corrected chi connectivity index (χ2v) is 18.5. The van der Waals surface area contributed by atoms with E-state index in [-0.39, 0.29) is 0 Å². The molecule has 0 saturated heterocycles. The van der Waals surface area contributed by atoms with Gasteiger partial charge in [-0.3, -0.25) is 0 Å². The van der Waals surface area contributed by atoms with Crippen LogP contribution in [0, 0.1) is 0 Å². The molecule has 1 spiro atoms. The highest BCUT2D eigenvalue weighted by atomic mass is 15.4. The first kappa shape index (κ1) is 30.0. The van der Waals surface area contributed by atoms with E-state index in [0.717, 1.165) is 0 Å². The highest BCUT2D eigenvalue weighted by Gasteiger charge is 2.68. The van der Waals surface area contributed by atoms with Gasteiger partial charge in [0.1, 0.15) is 22.2 Å². The fraction of sp³-hybridized carbons (Fsp3) is 0.245. The molecule has 1 atom stereocenters. The van der Waals surface area contributed by atoms with E-state index in [4.69, 9.17) is 0 Å². The number of rotatable bonds is 2. The van der Waals surface area contributed by atoms with Crippen molar-refractivity contribution in [2.45, 2.75) is 81.7 Å². The Morgan fingerprint density at radius 1 is 0.414 bits per heavy atom. The van der Waals surface area contributed by atoms with Gasteiger partial charge in [-0.05, 0) is 109 Å². The Kier molecular flexibility index (Phi) is 5.11. The SMILES string of the molecule is c1ccc2c(c1)c1cc3c4ccccc4n4c3c3c1n2-c1ccc2c5ccccc5n5c2c1C31[n+]2c(cc(C3CCCCC3)cc2-5)-c2cc(C3CCCCC3)cc-4[n+]21. The quantitative estimate of drug-likeness (QED) is 0.157. The molecule has 5 aromatic carbocycles. The first-order chi connectivity index (χ1) is 28.8. The van der Waals surface area contributed by atoms with E-state index < -0.39 is 5.66 Å².